The van der Waals surface area contributed by atoms with E-state index in [2.05, 4.69) is 30.9 Å². The molecule has 1 aliphatic rings. The lowest BCUT2D eigenvalue weighted by Crippen LogP contribution is -2.48. The van der Waals surface area contributed by atoms with Gasteiger partial charge < -0.3 is 14.9 Å². The predicted molar refractivity (Wildman–Crippen MR) is 72.5 cm³/mol. The number of hydrogen-bond donors (Lipinski definition) is 1. The smallest absolute Gasteiger partial charge is 0.407 e. The summed E-state index contributed by atoms with van der Waals surface area (Å²) in [5, 5.41) is 13.4. The molecule has 2 aromatic rings. The zero-order valence-corrected chi connectivity index (χ0v) is 11.6. The van der Waals surface area contributed by atoms with Gasteiger partial charge in [-0.2, -0.15) is 0 Å². The Morgan fingerprint density at radius 2 is 2.00 bits per heavy atom. The lowest BCUT2D eigenvalue weighted by Gasteiger charge is -2.33. The highest BCUT2D eigenvalue weighted by molar-refractivity contribution is 9.10. The zero-order valence-electron chi connectivity index (χ0n) is 10.0. The first kappa shape index (κ1) is 12.2. The zero-order chi connectivity index (χ0) is 13.4. The monoisotopic (exact) mass is 325 g/mol. The van der Waals surface area contributed by atoms with Crippen LogP contribution in [0, 0.1) is 0 Å². The van der Waals surface area contributed by atoms with Crippen molar-refractivity contribution in [1.29, 1.82) is 0 Å². The van der Waals surface area contributed by atoms with E-state index in [9.17, 15) is 4.79 Å². The van der Waals surface area contributed by atoms with Crippen LogP contribution in [-0.2, 0) is 0 Å². The Bertz CT molecular complexity index is 621. The first-order valence-corrected chi connectivity index (χ1v) is 6.67. The third-order valence-electron chi connectivity index (χ3n) is 3.18. The molecule has 0 spiro atoms. The number of fused-ring (bicyclic) bond motifs is 1. The maximum Gasteiger partial charge on any atom is 0.407 e. The van der Waals surface area contributed by atoms with E-state index in [1.165, 1.54) is 4.90 Å². The maximum atomic E-state index is 10.9. The molecule has 0 unspecified atom stereocenters. The van der Waals surface area contributed by atoms with Gasteiger partial charge in [-0.1, -0.05) is 0 Å². The second-order valence-corrected chi connectivity index (χ2v) is 5.11. The summed E-state index contributed by atoms with van der Waals surface area (Å²) < 4.78 is 2.52. The Morgan fingerprint density at radius 3 is 2.68 bits per heavy atom. The topological polar surface area (TPSA) is 74.0 Å². The van der Waals surface area contributed by atoms with Crippen LogP contribution in [0.25, 0.3) is 5.65 Å². The number of carboxylic acid groups (broad SMARTS) is 1. The van der Waals surface area contributed by atoms with Gasteiger partial charge in [-0.25, -0.2) is 14.3 Å². The third kappa shape index (κ3) is 2.23. The van der Waals surface area contributed by atoms with Gasteiger partial charge in [-0.05, 0) is 28.1 Å². The number of aromatic nitrogens is 3. The van der Waals surface area contributed by atoms with Crippen LogP contribution in [0.5, 0.6) is 0 Å². The molecular weight excluding hydrogens is 314 g/mol. The van der Waals surface area contributed by atoms with Gasteiger partial charge in [0.05, 0.1) is 6.20 Å². The van der Waals surface area contributed by atoms with E-state index in [1.54, 1.807) is 10.7 Å². The Balaban J connectivity index is 1.81. The molecule has 0 atom stereocenters. The van der Waals surface area contributed by atoms with Crippen LogP contribution in [0.3, 0.4) is 0 Å². The molecule has 1 amide bonds. The number of nitrogens with zero attached hydrogens (tertiary/aromatic N) is 5. The van der Waals surface area contributed by atoms with E-state index in [1.807, 2.05) is 12.1 Å². The van der Waals surface area contributed by atoms with E-state index >= 15 is 0 Å². The summed E-state index contributed by atoms with van der Waals surface area (Å²) in [6, 6.07) is 3.81. The molecule has 0 aromatic carbocycles. The second kappa shape index (κ2) is 4.69. The van der Waals surface area contributed by atoms with Crippen LogP contribution in [0.1, 0.15) is 0 Å². The fourth-order valence-corrected chi connectivity index (χ4v) is 2.49. The molecule has 0 radical (unpaired) electrons. The van der Waals surface area contributed by atoms with Gasteiger partial charge in [0.2, 0.25) is 0 Å². The Labute approximate surface area is 117 Å². The van der Waals surface area contributed by atoms with Crippen molar-refractivity contribution in [3.05, 3.63) is 22.9 Å². The average Bonchev–Trinajstić information content (AvgIpc) is 2.80. The number of rotatable bonds is 1. The van der Waals surface area contributed by atoms with Gasteiger partial charge in [0.1, 0.15) is 10.4 Å². The largest absolute Gasteiger partial charge is 0.465 e. The molecule has 100 valence electrons. The van der Waals surface area contributed by atoms with Gasteiger partial charge in [-0.3, -0.25) is 0 Å². The highest BCUT2D eigenvalue weighted by Gasteiger charge is 2.21. The molecule has 1 saturated heterocycles. The number of hydrogen-bond acceptors (Lipinski definition) is 4. The molecule has 0 aliphatic carbocycles. The van der Waals surface area contributed by atoms with E-state index in [0.29, 0.717) is 26.2 Å². The van der Waals surface area contributed by atoms with Crippen molar-refractivity contribution in [2.45, 2.75) is 0 Å². The van der Waals surface area contributed by atoms with Crippen molar-refractivity contribution >= 4 is 33.5 Å². The average molecular weight is 326 g/mol. The summed E-state index contributed by atoms with van der Waals surface area (Å²) >= 11 is 3.39. The number of piperazine rings is 1. The van der Waals surface area contributed by atoms with Crippen molar-refractivity contribution < 1.29 is 9.90 Å². The van der Waals surface area contributed by atoms with E-state index in [4.69, 9.17) is 5.11 Å². The molecule has 2 aromatic heterocycles. The fourth-order valence-electron chi connectivity index (χ4n) is 2.13. The number of imidazole rings is 1. The number of anilines is 1. The predicted octanol–water partition coefficient (Wildman–Crippen LogP) is 1.29. The van der Waals surface area contributed by atoms with Crippen molar-refractivity contribution in [3.63, 3.8) is 0 Å². The molecule has 1 aliphatic heterocycles. The van der Waals surface area contributed by atoms with Crippen LogP contribution in [0.4, 0.5) is 10.6 Å². The van der Waals surface area contributed by atoms with Crippen LogP contribution in [0.2, 0.25) is 0 Å². The van der Waals surface area contributed by atoms with Crippen LogP contribution in [-0.4, -0.2) is 56.9 Å². The molecule has 1 N–H and O–H groups in total. The minimum absolute atomic E-state index is 0.500. The van der Waals surface area contributed by atoms with Crippen molar-refractivity contribution in [3.8, 4) is 0 Å². The van der Waals surface area contributed by atoms with E-state index < -0.39 is 6.09 Å². The summed E-state index contributed by atoms with van der Waals surface area (Å²) in [5.74, 6) is 0.830. The summed E-state index contributed by atoms with van der Waals surface area (Å²) in [5.41, 5.74) is 0.778. The normalized spacial score (nSPS) is 16.1. The summed E-state index contributed by atoms with van der Waals surface area (Å²) in [6.45, 7) is 2.30. The van der Waals surface area contributed by atoms with Crippen molar-refractivity contribution in [2.75, 3.05) is 31.1 Å². The highest BCUT2D eigenvalue weighted by Crippen LogP contribution is 2.17. The quantitative estimate of drug-likeness (QED) is 0.855. The van der Waals surface area contributed by atoms with Crippen LogP contribution < -0.4 is 4.90 Å². The molecule has 3 rings (SSSR count). The standard InChI is InChI=1S/C11H12BrN5O2/c12-8-7-13-9-1-2-10(14-17(8)9)15-3-5-16(6-4-15)11(18)19/h1-2,7H,3-6H2,(H,18,19). The Hall–Kier alpha value is -1.83. The summed E-state index contributed by atoms with van der Waals surface area (Å²) in [6.07, 6.45) is 0.842. The molecule has 19 heavy (non-hydrogen) atoms. The summed E-state index contributed by atoms with van der Waals surface area (Å²) in [4.78, 5) is 18.5. The molecule has 7 nitrogen and oxygen atoms in total. The molecule has 0 bridgehead atoms. The van der Waals surface area contributed by atoms with Gasteiger partial charge in [0.25, 0.3) is 0 Å². The Kier molecular flexibility index (Phi) is 3.02. The number of halogens is 1. The number of carbonyl (C=O) groups is 1. The minimum Gasteiger partial charge on any atom is -0.465 e. The van der Waals surface area contributed by atoms with Crippen LogP contribution >= 0.6 is 15.9 Å². The first-order valence-electron chi connectivity index (χ1n) is 5.88. The first-order chi connectivity index (χ1) is 9.15. The lowest BCUT2D eigenvalue weighted by atomic mass is 10.3. The SMILES string of the molecule is O=C(O)N1CCN(c2ccc3ncc(Br)n3n2)CC1. The summed E-state index contributed by atoms with van der Waals surface area (Å²) in [7, 11) is 0. The van der Waals surface area contributed by atoms with Gasteiger partial charge >= 0.3 is 6.09 Å². The molecule has 1 fully saturated rings. The lowest BCUT2D eigenvalue weighted by molar-refractivity contribution is 0.142. The highest BCUT2D eigenvalue weighted by atomic mass is 79.9. The third-order valence-corrected chi connectivity index (χ3v) is 3.72. The van der Waals surface area contributed by atoms with Crippen molar-refractivity contribution in [2.24, 2.45) is 0 Å². The molecule has 3 heterocycles. The van der Waals surface area contributed by atoms with E-state index in [0.717, 1.165) is 16.1 Å². The van der Waals surface area contributed by atoms with E-state index in [-0.39, 0.29) is 0 Å². The van der Waals surface area contributed by atoms with Crippen LogP contribution in [0.15, 0.2) is 22.9 Å². The second-order valence-electron chi connectivity index (χ2n) is 4.30. The minimum atomic E-state index is -0.861. The van der Waals surface area contributed by atoms with Gasteiger partial charge in [0, 0.05) is 26.2 Å². The fraction of sp³-hybridized carbons (Fsp3) is 0.364. The number of amides is 1. The Morgan fingerprint density at radius 1 is 1.26 bits per heavy atom. The molecule has 8 heteroatoms. The van der Waals surface area contributed by atoms with Gasteiger partial charge in [-0.15, -0.1) is 5.10 Å². The van der Waals surface area contributed by atoms with Crippen molar-refractivity contribution in [1.82, 2.24) is 19.5 Å². The van der Waals surface area contributed by atoms with Gasteiger partial charge in [0.15, 0.2) is 5.65 Å². The molecule has 0 saturated carbocycles. The maximum absolute atomic E-state index is 10.9. The molecular formula is C11H12BrN5O2.